The summed E-state index contributed by atoms with van der Waals surface area (Å²) in [5.41, 5.74) is 10.00. The molecule has 14 aromatic rings. The second-order valence-electron chi connectivity index (χ2n) is 21.7. The molecule has 0 aliphatic carbocycles. The number of fused-ring (bicyclic) bond motifs is 16. The largest absolute Gasteiger partial charge is 0.494 e. The van der Waals surface area contributed by atoms with E-state index >= 15 is 0 Å². The topological polar surface area (TPSA) is 53.0 Å². The van der Waals surface area contributed by atoms with E-state index in [4.69, 9.17) is 32.4 Å². The molecular weight excluding hydrogens is 1070 g/mol. The number of benzene rings is 12. The minimum Gasteiger partial charge on any atom is -0.399 e. The predicted molar refractivity (Wildman–Crippen MR) is 347 cm³/mol. The summed E-state index contributed by atoms with van der Waals surface area (Å²) in [6.45, 7) is 22.2. The Morgan fingerprint density at radius 2 is 0.634 bits per heavy atom. The molecule has 3 heterocycles. The fourth-order valence-corrected chi connectivity index (χ4v) is 11.8. The monoisotopic (exact) mass is 1120 g/mol. The molecule has 1 saturated heterocycles. The van der Waals surface area contributed by atoms with Gasteiger partial charge in [0.15, 0.2) is 11.4 Å². The molecule has 2 aromatic heterocycles. The first-order chi connectivity index (χ1) is 40.0. The maximum Gasteiger partial charge on any atom is 0.494 e. The number of para-hydroxylation sites is 2. The molecule has 82 heavy (non-hydrogen) atoms. The first kappa shape index (κ1) is 51.9. The fourth-order valence-electron chi connectivity index (χ4n) is 11.5. The molecule has 390 valence electrons. The highest BCUT2D eigenvalue weighted by molar-refractivity contribution is 9.10. The van der Waals surface area contributed by atoms with Gasteiger partial charge in [0.1, 0.15) is 0 Å². The summed E-state index contributed by atoms with van der Waals surface area (Å²) in [6.07, 6.45) is 0. The van der Waals surface area contributed by atoms with Crippen molar-refractivity contribution in [3.63, 3.8) is 0 Å². The Morgan fingerprint density at radius 3 is 1.01 bits per heavy atom. The molecule has 6 nitrogen and oxygen atoms in total. The molecule has 8 heteroatoms. The minimum absolute atomic E-state index is 0.369. The Hall–Kier alpha value is -9.54. The molecule has 0 N–H and O–H groups in total. The molecule has 0 spiro atoms. The third-order valence-electron chi connectivity index (χ3n) is 16.3. The van der Waals surface area contributed by atoms with Crippen LogP contribution in [0.4, 0.5) is 11.4 Å². The van der Waals surface area contributed by atoms with Crippen molar-refractivity contribution in [3.05, 3.63) is 270 Å². The molecule has 0 atom stereocenters. The van der Waals surface area contributed by atoms with Crippen molar-refractivity contribution in [2.24, 2.45) is 0 Å². The maximum absolute atomic E-state index is 7.19. The minimum atomic E-state index is -0.384. The standard InChI is InChI=1S/C34H20N2.C33H28BNO2.C7H4BrN/c1-35-25-20-18-23(19-21-25)22-14-16-24(17-15-22)34-33-29-11-5-3-9-27(29)26-8-2-4-10-28(26)32(33)30-12-6-7-13-31(30)36-34;1-32(2)33(3,4)37-34(36-32)22-19-17-21(18-20-22)31-30-26-14-8-6-12-24(26)23-11-5-7-13-25(23)29(30)27-15-9-10-16-28(27)35-31;1-9-7-4-2-6(8)3-5-7/h2-21H;5-20H,1-4H3;2-5H. The van der Waals surface area contributed by atoms with Crippen LogP contribution in [-0.4, -0.2) is 28.3 Å². The number of nitrogens with zero attached hydrogens (tertiary/aromatic N) is 4. The Bertz CT molecular complexity index is 4880. The van der Waals surface area contributed by atoms with Crippen LogP contribution in [-0.2, 0) is 9.31 Å². The summed E-state index contributed by atoms with van der Waals surface area (Å²) in [4.78, 5) is 17.2. The molecule has 1 aliphatic heterocycles. The lowest BCUT2D eigenvalue weighted by Crippen LogP contribution is -2.41. The van der Waals surface area contributed by atoms with Crippen LogP contribution >= 0.6 is 15.9 Å². The molecular formula is C74H52BBrN4O2. The Balaban J connectivity index is 0.000000134. The molecule has 15 rings (SSSR count). The lowest BCUT2D eigenvalue weighted by molar-refractivity contribution is 0.00578. The van der Waals surface area contributed by atoms with Crippen LogP contribution in [0.1, 0.15) is 27.7 Å². The second-order valence-corrected chi connectivity index (χ2v) is 22.6. The number of aromatic nitrogens is 2. The number of rotatable bonds is 4. The summed E-state index contributed by atoms with van der Waals surface area (Å²) in [6, 6.07) is 83.9. The lowest BCUT2D eigenvalue weighted by Gasteiger charge is -2.32. The lowest BCUT2D eigenvalue weighted by atomic mass is 9.78. The first-order valence-corrected chi connectivity index (χ1v) is 28.2. The molecule has 0 unspecified atom stereocenters. The predicted octanol–water partition coefficient (Wildman–Crippen LogP) is 20.2. The maximum atomic E-state index is 7.19. The van der Waals surface area contributed by atoms with Crippen molar-refractivity contribution < 1.29 is 9.31 Å². The van der Waals surface area contributed by atoms with Crippen molar-refractivity contribution in [2.45, 2.75) is 38.9 Å². The van der Waals surface area contributed by atoms with E-state index < -0.39 is 0 Å². The molecule has 0 amide bonds. The van der Waals surface area contributed by atoms with Crippen LogP contribution in [0.25, 0.3) is 130 Å². The Labute approximate surface area is 485 Å². The van der Waals surface area contributed by atoms with Crippen molar-refractivity contribution in [3.8, 4) is 33.6 Å². The average Bonchev–Trinajstić information content (AvgIpc) is 2.46. The number of halogens is 1. The van der Waals surface area contributed by atoms with Gasteiger partial charge >= 0.3 is 7.12 Å². The van der Waals surface area contributed by atoms with E-state index in [1.54, 1.807) is 12.1 Å². The van der Waals surface area contributed by atoms with Gasteiger partial charge in [-0.3, -0.25) is 0 Å². The van der Waals surface area contributed by atoms with Gasteiger partial charge in [0.2, 0.25) is 0 Å². The van der Waals surface area contributed by atoms with E-state index in [1.165, 1.54) is 75.4 Å². The third-order valence-corrected chi connectivity index (χ3v) is 16.8. The van der Waals surface area contributed by atoms with E-state index in [0.29, 0.717) is 11.4 Å². The van der Waals surface area contributed by atoms with Gasteiger partial charge < -0.3 is 9.31 Å². The van der Waals surface area contributed by atoms with E-state index in [0.717, 1.165) is 54.6 Å². The molecule has 12 aromatic carbocycles. The third kappa shape index (κ3) is 9.28. The molecule has 0 radical (unpaired) electrons. The molecule has 1 fully saturated rings. The second kappa shape index (κ2) is 21.2. The van der Waals surface area contributed by atoms with Gasteiger partial charge in [-0.25, -0.2) is 19.7 Å². The first-order valence-electron chi connectivity index (χ1n) is 27.4. The average molecular weight is 1120 g/mol. The van der Waals surface area contributed by atoms with Crippen molar-refractivity contribution in [1.29, 1.82) is 0 Å². The van der Waals surface area contributed by atoms with Crippen LogP contribution in [0, 0.1) is 13.1 Å². The van der Waals surface area contributed by atoms with Gasteiger partial charge in [0.25, 0.3) is 0 Å². The van der Waals surface area contributed by atoms with E-state index in [9.17, 15) is 0 Å². The summed E-state index contributed by atoms with van der Waals surface area (Å²) in [7, 11) is -0.384. The van der Waals surface area contributed by atoms with Gasteiger partial charge in [0, 0.05) is 47.9 Å². The number of hydrogen-bond acceptors (Lipinski definition) is 4. The molecule has 1 aliphatic rings. The summed E-state index contributed by atoms with van der Waals surface area (Å²) >= 11 is 3.27. The Morgan fingerprint density at radius 1 is 0.341 bits per heavy atom. The van der Waals surface area contributed by atoms with Crippen LogP contribution in [0.2, 0.25) is 0 Å². The smallest absolute Gasteiger partial charge is 0.399 e. The van der Waals surface area contributed by atoms with Gasteiger partial charge in [-0.2, -0.15) is 0 Å². The van der Waals surface area contributed by atoms with Crippen LogP contribution < -0.4 is 5.46 Å². The van der Waals surface area contributed by atoms with E-state index in [1.807, 2.05) is 36.4 Å². The molecule has 0 bridgehead atoms. The zero-order valence-electron chi connectivity index (χ0n) is 45.7. The summed E-state index contributed by atoms with van der Waals surface area (Å²) in [5, 5.41) is 17.2. The fraction of sp³-hybridized carbons (Fsp3) is 0.0811. The number of hydrogen-bond donors (Lipinski definition) is 0. The van der Waals surface area contributed by atoms with Crippen LogP contribution in [0.15, 0.2) is 247 Å². The van der Waals surface area contributed by atoms with Crippen molar-refractivity contribution in [2.75, 3.05) is 0 Å². The zero-order valence-corrected chi connectivity index (χ0v) is 47.2. The van der Waals surface area contributed by atoms with E-state index in [2.05, 4.69) is 247 Å². The SMILES string of the molecule is CC1(C)OB(c2ccc(-c3nc4ccccc4c4c5ccccc5c5ccccc5c34)cc2)OC1(C)C.[C-]#[N+]c1ccc(-c2ccc(-c3nc4ccccc4c4c5ccccc5c5ccccc5c34)cc2)cc1.[C-]#[N+]c1ccc(Br)cc1. The van der Waals surface area contributed by atoms with Crippen LogP contribution in [0.3, 0.4) is 0 Å². The highest BCUT2D eigenvalue weighted by Gasteiger charge is 2.51. The number of pyridine rings is 2. The van der Waals surface area contributed by atoms with Crippen LogP contribution in [0.5, 0.6) is 0 Å². The van der Waals surface area contributed by atoms with Gasteiger partial charge in [-0.05, 0) is 99.5 Å². The van der Waals surface area contributed by atoms with Gasteiger partial charge in [-0.1, -0.05) is 246 Å². The highest BCUT2D eigenvalue weighted by Crippen LogP contribution is 2.45. The van der Waals surface area contributed by atoms with E-state index in [-0.39, 0.29) is 18.3 Å². The normalized spacial score (nSPS) is 13.5. The molecule has 0 saturated carbocycles. The van der Waals surface area contributed by atoms with Crippen molar-refractivity contribution >= 4 is 126 Å². The highest BCUT2D eigenvalue weighted by atomic mass is 79.9. The van der Waals surface area contributed by atoms with Gasteiger partial charge in [-0.15, -0.1) is 0 Å². The summed E-state index contributed by atoms with van der Waals surface area (Å²) < 4.78 is 13.6. The zero-order chi connectivity index (χ0) is 56.1. The van der Waals surface area contributed by atoms with Gasteiger partial charge in [0.05, 0.1) is 46.8 Å². The quantitative estimate of drug-likeness (QED) is 0.100. The Kier molecular flexibility index (Phi) is 13.4. The van der Waals surface area contributed by atoms with Crippen molar-refractivity contribution in [1.82, 2.24) is 9.97 Å². The summed E-state index contributed by atoms with van der Waals surface area (Å²) in [5.74, 6) is 0.